The predicted octanol–water partition coefficient (Wildman–Crippen LogP) is 1.47. The Labute approximate surface area is 101 Å². The summed E-state index contributed by atoms with van der Waals surface area (Å²) in [5.41, 5.74) is 4.50. The van der Waals surface area contributed by atoms with Crippen LogP contribution in [0.5, 0.6) is 0 Å². The van der Waals surface area contributed by atoms with Crippen molar-refractivity contribution >= 4 is 11.4 Å². The van der Waals surface area contributed by atoms with Crippen LogP contribution in [0.2, 0.25) is 0 Å². The summed E-state index contributed by atoms with van der Waals surface area (Å²) in [6.07, 6.45) is 0. The summed E-state index contributed by atoms with van der Waals surface area (Å²) in [6.45, 7) is -1.51. The minimum absolute atomic E-state index is 0.193. The normalized spacial score (nSPS) is 10.8. The minimum Gasteiger partial charge on any atom is -0.379 e. The van der Waals surface area contributed by atoms with Gasteiger partial charge in [-0.25, -0.2) is 8.78 Å². The van der Waals surface area contributed by atoms with Crippen LogP contribution in [0.1, 0.15) is 5.56 Å². The van der Waals surface area contributed by atoms with Crippen LogP contribution in [0.25, 0.3) is 0 Å². The lowest BCUT2D eigenvalue weighted by molar-refractivity contribution is -0.385. The van der Waals surface area contributed by atoms with Crippen molar-refractivity contribution < 1.29 is 13.7 Å². The fraction of sp³-hybridized carbons (Fsp3) is 0.300. The van der Waals surface area contributed by atoms with E-state index in [1.807, 2.05) is 0 Å². The number of nitrogens with two attached hydrogens (primary N) is 1. The van der Waals surface area contributed by atoms with Crippen LogP contribution in [0.4, 0.5) is 20.2 Å². The second-order valence-electron chi connectivity index (χ2n) is 3.51. The zero-order chi connectivity index (χ0) is 13.8. The van der Waals surface area contributed by atoms with Gasteiger partial charge in [0.15, 0.2) is 0 Å². The lowest BCUT2D eigenvalue weighted by Gasteiger charge is -2.15. The molecule has 0 amide bonds. The monoisotopic (exact) mass is 256 g/mol. The highest BCUT2D eigenvalue weighted by Gasteiger charge is 2.26. The Hall–Kier alpha value is -2.27. The average molecular weight is 256 g/mol. The van der Waals surface area contributed by atoms with Crippen molar-refractivity contribution in [3.63, 3.8) is 0 Å². The van der Waals surface area contributed by atoms with Gasteiger partial charge in [0.25, 0.3) is 11.6 Å². The number of nitro benzene ring substituents is 1. The molecular formula is C10H10F2N4O2. The van der Waals surface area contributed by atoms with Gasteiger partial charge in [-0.3, -0.25) is 10.1 Å². The van der Waals surface area contributed by atoms with Crippen molar-refractivity contribution in [1.29, 1.82) is 5.26 Å². The van der Waals surface area contributed by atoms with Crippen LogP contribution in [0, 0.1) is 21.4 Å². The maximum Gasteiger partial charge on any atom is 0.287 e. The Morgan fingerprint density at radius 2 is 2.22 bits per heavy atom. The molecule has 0 radical (unpaired) electrons. The molecule has 0 spiro atoms. The number of nitro groups is 1. The fourth-order valence-electron chi connectivity index (χ4n) is 1.20. The molecule has 8 heteroatoms. The average Bonchev–Trinajstić information content (AvgIpc) is 2.36. The Bertz CT molecular complexity index is 499. The van der Waals surface area contributed by atoms with Crippen LogP contribution >= 0.6 is 0 Å². The van der Waals surface area contributed by atoms with Gasteiger partial charge >= 0.3 is 0 Å². The number of hydrogen-bond donors (Lipinski definition) is 2. The Balaban J connectivity index is 2.88. The molecule has 6 nitrogen and oxygen atoms in total. The van der Waals surface area contributed by atoms with E-state index in [9.17, 15) is 18.9 Å². The zero-order valence-electron chi connectivity index (χ0n) is 9.19. The molecule has 0 saturated carbocycles. The smallest absolute Gasteiger partial charge is 0.287 e. The molecule has 0 atom stereocenters. The van der Waals surface area contributed by atoms with Gasteiger partial charge in [-0.1, -0.05) is 0 Å². The molecule has 0 aliphatic rings. The highest BCUT2D eigenvalue weighted by molar-refractivity contribution is 5.58. The molecular weight excluding hydrogens is 246 g/mol. The van der Waals surface area contributed by atoms with Crippen LogP contribution in [0.3, 0.4) is 0 Å². The Morgan fingerprint density at radius 3 is 2.72 bits per heavy atom. The third-order valence-corrected chi connectivity index (χ3v) is 2.16. The summed E-state index contributed by atoms with van der Waals surface area (Å²) in [6, 6.07) is 5.12. The number of nitriles is 1. The molecule has 0 aliphatic heterocycles. The maximum atomic E-state index is 12.9. The van der Waals surface area contributed by atoms with E-state index >= 15 is 0 Å². The number of benzene rings is 1. The standard InChI is InChI=1S/C10H10F2N4O2/c11-10(12,5-14)6-15-8-1-2-9(16(17)18)7(3-8)4-13/h1-3,15H,5-6,14H2. The number of rotatable bonds is 5. The SMILES string of the molecule is N#Cc1cc(NCC(F)(F)CN)ccc1[N+](=O)[O-]. The molecule has 1 aromatic carbocycles. The van der Waals surface area contributed by atoms with Gasteiger partial charge in [0.05, 0.1) is 18.0 Å². The van der Waals surface area contributed by atoms with E-state index < -0.39 is 23.9 Å². The summed E-state index contributed by atoms with van der Waals surface area (Å²) in [4.78, 5) is 9.84. The Kier molecular flexibility index (Phi) is 4.12. The van der Waals surface area contributed by atoms with Gasteiger partial charge in [0.2, 0.25) is 0 Å². The molecule has 18 heavy (non-hydrogen) atoms. The summed E-state index contributed by atoms with van der Waals surface area (Å²) in [5, 5.41) is 21.6. The van der Waals surface area contributed by atoms with Crippen LogP contribution < -0.4 is 11.1 Å². The molecule has 0 fully saturated rings. The van der Waals surface area contributed by atoms with Crippen molar-refractivity contribution in [1.82, 2.24) is 0 Å². The van der Waals surface area contributed by atoms with E-state index in [0.717, 1.165) is 12.1 Å². The highest BCUT2D eigenvalue weighted by Crippen LogP contribution is 2.22. The minimum atomic E-state index is -3.07. The van der Waals surface area contributed by atoms with E-state index in [-0.39, 0.29) is 16.9 Å². The second kappa shape index (κ2) is 5.37. The molecule has 0 saturated heterocycles. The highest BCUT2D eigenvalue weighted by atomic mass is 19.3. The number of anilines is 1. The van der Waals surface area contributed by atoms with Crippen LogP contribution in [-0.4, -0.2) is 23.9 Å². The first-order valence-corrected chi connectivity index (χ1v) is 4.90. The van der Waals surface area contributed by atoms with E-state index in [4.69, 9.17) is 11.0 Å². The third kappa shape index (κ3) is 3.36. The number of nitrogens with zero attached hydrogens (tertiary/aromatic N) is 2. The summed E-state index contributed by atoms with van der Waals surface area (Å²) >= 11 is 0. The molecule has 0 bridgehead atoms. The van der Waals surface area contributed by atoms with Crippen molar-refractivity contribution in [2.75, 3.05) is 18.4 Å². The molecule has 0 heterocycles. The van der Waals surface area contributed by atoms with Crippen molar-refractivity contribution in [2.45, 2.75) is 5.92 Å². The predicted molar refractivity (Wildman–Crippen MR) is 60.3 cm³/mol. The molecule has 1 rings (SSSR count). The number of alkyl halides is 2. The lowest BCUT2D eigenvalue weighted by Crippen LogP contribution is -2.35. The largest absolute Gasteiger partial charge is 0.379 e. The van der Waals surface area contributed by atoms with E-state index in [1.54, 1.807) is 6.07 Å². The number of hydrogen-bond acceptors (Lipinski definition) is 5. The fourth-order valence-corrected chi connectivity index (χ4v) is 1.20. The van der Waals surface area contributed by atoms with Gasteiger partial charge in [-0.05, 0) is 12.1 Å². The molecule has 3 N–H and O–H groups in total. The molecule has 0 aromatic heterocycles. The summed E-state index contributed by atoms with van der Waals surface area (Å²) < 4.78 is 25.7. The molecule has 0 unspecified atom stereocenters. The van der Waals surface area contributed by atoms with Gasteiger partial charge in [-0.15, -0.1) is 0 Å². The topological polar surface area (TPSA) is 105 Å². The summed E-state index contributed by atoms with van der Waals surface area (Å²) in [7, 11) is 0. The van der Waals surface area contributed by atoms with E-state index in [0.29, 0.717) is 0 Å². The molecule has 96 valence electrons. The second-order valence-corrected chi connectivity index (χ2v) is 3.51. The third-order valence-electron chi connectivity index (χ3n) is 2.16. The Morgan fingerprint density at radius 1 is 1.56 bits per heavy atom. The van der Waals surface area contributed by atoms with Crippen molar-refractivity contribution in [3.05, 3.63) is 33.9 Å². The molecule has 1 aromatic rings. The maximum absolute atomic E-state index is 12.9. The van der Waals surface area contributed by atoms with E-state index in [2.05, 4.69) is 5.32 Å². The molecule has 0 aliphatic carbocycles. The lowest BCUT2D eigenvalue weighted by atomic mass is 10.1. The van der Waals surface area contributed by atoms with Crippen molar-refractivity contribution in [2.24, 2.45) is 5.73 Å². The number of halogens is 2. The quantitative estimate of drug-likeness (QED) is 0.613. The first kappa shape index (κ1) is 13.8. The van der Waals surface area contributed by atoms with Crippen molar-refractivity contribution in [3.8, 4) is 6.07 Å². The summed E-state index contributed by atoms with van der Waals surface area (Å²) in [5.74, 6) is -3.07. The first-order valence-electron chi connectivity index (χ1n) is 4.90. The number of nitrogens with one attached hydrogen (secondary N) is 1. The van der Waals surface area contributed by atoms with Gasteiger partial charge in [0.1, 0.15) is 11.6 Å². The van der Waals surface area contributed by atoms with Gasteiger partial charge < -0.3 is 11.1 Å². The zero-order valence-corrected chi connectivity index (χ0v) is 9.19. The van der Waals surface area contributed by atoms with Crippen LogP contribution in [0.15, 0.2) is 18.2 Å². The van der Waals surface area contributed by atoms with Gasteiger partial charge in [-0.2, -0.15) is 5.26 Å². The van der Waals surface area contributed by atoms with Gasteiger partial charge in [0, 0.05) is 11.8 Å². The van der Waals surface area contributed by atoms with E-state index in [1.165, 1.54) is 6.07 Å². The van der Waals surface area contributed by atoms with Crippen LogP contribution in [-0.2, 0) is 0 Å². The first-order chi connectivity index (χ1) is 8.39.